The maximum absolute atomic E-state index is 12.8. The Morgan fingerprint density at radius 1 is 1.12 bits per heavy atom. The lowest BCUT2D eigenvalue weighted by Crippen LogP contribution is -2.11. The summed E-state index contributed by atoms with van der Waals surface area (Å²) in [5, 5.41) is 11.6. The number of aromatic nitrogens is 2. The lowest BCUT2D eigenvalue weighted by molar-refractivity contribution is 0.102. The van der Waals surface area contributed by atoms with Gasteiger partial charge in [0.2, 0.25) is 10.3 Å². The average molecular weight is 361 g/mol. The Labute approximate surface area is 145 Å². The number of carbonyl (C=O) groups excluding carboxylic acids is 1. The predicted molar refractivity (Wildman–Crippen MR) is 93.0 cm³/mol. The van der Waals surface area contributed by atoms with Gasteiger partial charge in [-0.1, -0.05) is 35.1 Å². The van der Waals surface area contributed by atoms with Gasteiger partial charge < -0.3 is 0 Å². The zero-order chi connectivity index (χ0) is 16.9. The largest absolute Gasteiger partial charge is 0.296 e. The molecule has 24 heavy (non-hydrogen) atoms. The Morgan fingerprint density at radius 3 is 2.54 bits per heavy atom. The first-order valence-electron chi connectivity index (χ1n) is 6.80. The molecule has 0 radical (unpaired) electrons. The molecule has 3 aromatic rings. The van der Waals surface area contributed by atoms with Gasteiger partial charge >= 0.3 is 0 Å². The molecule has 8 heteroatoms. The van der Waals surface area contributed by atoms with Gasteiger partial charge in [0.15, 0.2) is 0 Å². The molecular weight excluding hydrogens is 351 g/mol. The summed E-state index contributed by atoms with van der Waals surface area (Å²) >= 11 is 6.91. The molecule has 2 aromatic carbocycles. The lowest BCUT2D eigenvalue weighted by Gasteiger charge is -2.00. The van der Waals surface area contributed by atoms with Crippen molar-refractivity contribution in [1.29, 1.82) is 0 Å². The molecule has 0 fully saturated rings. The zero-order valence-electron chi connectivity index (χ0n) is 12.1. The van der Waals surface area contributed by atoms with Crippen molar-refractivity contribution in [1.82, 2.24) is 10.2 Å². The molecule has 0 unspecified atom stereocenters. The summed E-state index contributed by atoms with van der Waals surface area (Å²) in [5.74, 6) is -0.618. The normalized spacial score (nSPS) is 10.9. The number of benzene rings is 2. The van der Waals surface area contributed by atoms with Crippen LogP contribution in [0.2, 0.25) is 5.02 Å². The third-order valence-electron chi connectivity index (χ3n) is 2.94. The van der Waals surface area contributed by atoms with Crippen LogP contribution in [0.25, 0.3) is 0 Å². The third kappa shape index (κ3) is 4.21. The van der Waals surface area contributed by atoms with Gasteiger partial charge in [-0.2, -0.15) is 0 Å². The van der Waals surface area contributed by atoms with Crippen molar-refractivity contribution in [3.05, 3.63) is 70.5 Å². The van der Waals surface area contributed by atoms with Gasteiger partial charge in [-0.25, -0.2) is 9.38 Å². The van der Waals surface area contributed by atoms with Gasteiger partial charge in [0.1, 0.15) is 5.82 Å². The van der Waals surface area contributed by atoms with Crippen molar-refractivity contribution in [2.75, 3.05) is 5.32 Å². The van der Waals surface area contributed by atoms with E-state index in [1.165, 1.54) is 12.1 Å². The number of carbonyl (C=O) groups is 1. The van der Waals surface area contributed by atoms with Crippen LogP contribution in [0.4, 0.5) is 14.7 Å². The Balaban J connectivity index is 1.65. The number of halogens is 2. The molecule has 0 atom stereocenters. The predicted octanol–water partition coefficient (Wildman–Crippen LogP) is 4.33. The number of nitrogens with zero attached hydrogens (tertiary/aromatic N) is 3. The second-order valence-corrected chi connectivity index (χ2v) is 6.05. The molecule has 0 saturated heterocycles. The van der Waals surface area contributed by atoms with Crippen LogP contribution in [-0.4, -0.2) is 22.3 Å². The van der Waals surface area contributed by atoms with Crippen molar-refractivity contribution >= 4 is 45.3 Å². The van der Waals surface area contributed by atoms with Gasteiger partial charge in [-0.15, -0.1) is 10.2 Å². The highest BCUT2D eigenvalue weighted by Gasteiger charge is 2.09. The second-order valence-electron chi connectivity index (χ2n) is 4.66. The van der Waals surface area contributed by atoms with E-state index < -0.39 is 0 Å². The molecule has 0 aliphatic heterocycles. The molecule has 5 nitrogen and oxygen atoms in total. The summed E-state index contributed by atoms with van der Waals surface area (Å²) in [6.07, 6.45) is 1.55. The van der Waals surface area contributed by atoms with Gasteiger partial charge in [-0.05, 0) is 42.0 Å². The van der Waals surface area contributed by atoms with E-state index in [1.807, 2.05) is 0 Å². The highest BCUT2D eigenvalue weighted by molar-refractivity contribution is 7.18. The number of amides is 1. The summed E-state index contributed by atoms with van der Waals surface area (Å²) in [4.78, 5) is 16.2. The minimum atomic E-state index is -0.310. The Bertz CT molecular complexity index is 878. The summed E-state index contributed by atoms with van der Waals surface area (Å²) < 4.78 is 12.8. The van der Waals surface area contributed by atoms with E-state index in [9.17, 15) is 9.18 Å². The van der Waals surface area contributed by atoms with E-state index in [-0.39, 0.29) is 11.7 Å². The van der Waals surface area contributed by atoms with Crippen molar-refractivity contribution in [3.8, 4) is 0 Å². The van der Waals surface area contributed by atoms with Gasteiger partial charge in [0, 0.05) is 16.8 Å². The first-order chi connectivity index (χ1) is 11.6. The van der Waals surface area contributed by atoms with E-state index in [0.29, 0.717) is 20.8 Å². The van der Waals surface area contributed by atoms with Crippen LogP contribution in [-0.2, 0) is 0 Å². The highest BCUT2D eigenvalue weighted by Crippen LogP contribution is 2.23. The minimum Gasteiger partial charge on any atom is -0.296 e. The molecule has 0 saturated carbocycles. The Morgan fingerprint density at radius 2 is 1.83 bits per heavy atom. The van der Waals surface area contributed by atoms with Gasteiger partial charge in [-0.3, -0.25) is 10.1 Å². The topological polar surface area (TPSA) is 67.2 Å². The maximum atomic E-state index is 12.8. The quantitative estimate of drug-likeness (QED) is 0.704. The molecule has 1 N–H and O–H groups in total. The van der Waals surface area contributed by atoms with Crippen LogP contribution in [0.15, 0.2) is 53.5 Å². The fraction of sp³-hybridized carbons (Fsp3) is 0. The molecule has 1 amide bonds. The summed E-state index contributed by atoms with van der Waals surface area (Å²) in [6.45, 7) is 0. The van der Waals surface area contributed by atoms with Gasteiger partial charge in [0.05, 0.1) is 0 Å². The van der Waals surface area contributed by atoms with E-state index >= 15 is 0 Å². The standard InChI is InChI=1S/C16H10ClFN4OS/c17-12-5-3-11(4-6-12)14(23)20-16-22-21-15(24-16)19-9-10-1-7-13(18)8-2-10/h1-9H,(H,20,22,23)/b19-9+. The number of anilines is 1. The van der Waals surface area contributed by atoms with Crippen LogP contribution in [0.5, 0.6) is 0 Å². The van der Waals surface area contributed by atoms with E-state index in [1.54, 1.807) is 42.6 Å². The monoisotopic (exact) mass is 360 g/mol. The molecule has 0 aliphatic rings. The highest BCUT2D eigenvalue weighted by atomic mass is 35.5. The van der Waals surface area contributed by atoms with Crippen molar-refractivity contribution in [2.24, 2.45) is 4.99 Å². The van der Waals surface area contributed by atoms with E-state index in [2.05, 4.69) is 20.5 Å². The number of hydrogen-bond acceptors (Lipinski definition) is 5. The molecule has 3 rings (SSSR count). The fourth-order valence-electron chi connectivity index (χ4n) is 1.77. The lowest BCUT2D eigenvalue weighted by atomic mass is 10.2. The summed E-state index contributed by atoms with van der Waals surface area (Å²) in [5.41, 5.74) is 1.20. The molecule has 0 spiro atoms. The summed E-state index contributed by atoms with van der Waals surface area (Å²) in [7, 11) is 0. The Kier molecular flexibility index (Phi) is 4.93. The number of rotatable bonds is 4. The number of hydrogen-bond donors (Lipinski definition) is 1. The van der Waals surface area contributed by atoms with Crippen LogP contribution in [0.3, 0.4) is 0 Å². The van der Waals surface area contributed by atoms with Crippen LogP contribution in [0, 0.1) is 5.82 Å². The van der Waals surface area contributed by atoms with Crippen molar-refractivity contribution in [3.63, 3.8) is 0 Å². The first-order valence-corrected chi connectivity index (χ1v) is 8.00. The number of nitrogens with one attached hydrogen (secondary N) is 1. The van der Waals surface area contributed by atoms with E-state index in [4.69, 9.17) is 11.6 Å². The first kappa shape index (κ1) is 16.2. The Hall–Kier alpha value is -2.64. The van der Waals surface area contributed by atoms with Crippen molar-refractivity contribution in [2.45, 2.75) is 0 Å². The maximum Gasteiger partial charge on any atom is 0.257 e. The summed E-state index contributed by atoms with van der Waals surface area (Å²) in [6, 6.07) is 12.4. The molecular formula is C16H10ClFN4OS. The second kappa shape index (κ2) is 7.29. The van der Waals surface area contributed by atoms with Crippen LogP contribution in [0.1, 0.15) is 15.9 Å². The van der Waals surface area contributed by atoms with E-state index in [0.717, 1.165) is 16.9 Å². The van der Waals surface area contributed by atoms with Crippen LogP contribution >= 0.6 is 22.9 Å². The van der Waals surface area contributed by atoms with Crippen LogP contribution < -0.4 is 5.32 Å². The molecule has 1 heterocycles. The van der Waals surface area contributed by atoms with Crippen molar-refractivity contribution < 1.29 is 9.18 Å². The zero-order valence-corrected chi connectivity index (χ0v) is 13.7. The SMILES string of the molecule is O=C(Nc1nnc(/N=C/c2ccc(F)cc2)s1)c1ccc(Cl)cc1. The average Bonchev–Trinajstić information content (AvgIpc) is 3.02. The minimum absolute atomic E-state index is 0.308. The molecule has 120 valence electrons. The molecule has 0 aliphatic carbocycles. The fourth-order valence-corrected chi connectivity index (χ4v) is 2.48. The third-order valence-corrected chi connectivity index (χ3v) is 3.93. The number of aliphatic imine (C=N–C) groups is 1. The smallest absolute Gasteiger partial charge is 0.257 e. The molecule has 0 bridgehead atoms. The van der Waals surface area contributed by atoms with Gasteiger partial charge in [0.25, 0.3) is 5.91 Å². The molecule has 1 aromatic heterocycles.